The summed E-state index contributed by atoms with van der Waals surface area (Å²) in [5.74, 6) is 0.857. The molecule has 228 valence electrons. The zero-order chi connectivity index (χ0) is 30.4. The van der Waals surface area contributed by atoms with Gasteiger partial charge in [-0.1, -0.05) is 25.1 Å². The molecule has 0 spiro atoms. The van der Waals surface area contributed by atoms with Crippen LogP contribution in [0.25, 0.3) is 0 Å². The summed E-state index contributed by atoms with van der Waals surface area (Å²) in [5.41, 5.74) is 9.22. The van der Waals surface area contributed by atoms with Crippen LogP contribution in [0.2, 0.25) is 0 Å². The number of aliphatic hydroxyl groups is 2. The molecule has 0 unspecified atom stereocenters. The maximum atomic E-state index is 12.9. The molecule has 1 aromatic heterocycles. The zero-order valence-electron chi connectivity index (χ0n) is 24.2. The molecule has 12 nitrogen and oxygen atoms in total. The SMILES string of the molecule is CCCN(CCO)CCS(=O)(=O)c1ccc(/N=N/c2c(NCCOCCO)nc(Nc3ccccc3)c(N)c2C)cc1. The molecule has 0 saturated heterocycles. The molecule has 0 bridgehead atoms. The van der Waals surface area contributed by atoms with Crippen LogP contribution >= 0.6 is 0 Å². The van der Waals surface area contributed by atoms with Crippen LogP contribution < -0.4 is 16.4 Å². The molecule has 0 aliphatic carbocycles. The highest BCUT2D eigenvalue weighted by atomic mass is 32.2. The van der Waals surface area contributed by atoms with E-state index in [2.05, 4.69) is 25.8 Å². The Balaban J connectivity index is 1.81. The van der Waals surface area contributed by atoms with Gasteiger partial charge in [0.1, 0.15) is 5.69 Å². The van der Waals surface area contributed by atoms with Crippen LogP contribution in [0.3, 0.4) is 0 Å². The van der Waals surface area contributed by atoms with Gasteiger partial charge in [-0.15, -0.1) is 5.11 Å². The van der Waals surface area contributed by atoms with Crippen LogP contribution in [0.1, 0.15) is 18.9 Å². The normalized spacial score (nSPS) is 11.8. The number of benzene rings is 2. The van der Waals surface area contributed by atoms with Crippen molar-refractivity contribution >= 4 is 44.2 Å². The number of sulfone groups is 1. The molecule has 42 heavy (non-hydrogen) atoms. The van der Waals surface area contributed by atoms with Crippen molar-refractivity contribution in [1.29, 1.82) is 0 Å². The Morgan fingerprint density at radius 3 is 2.36 bits per heavy atom. The van der Waals surface area contributed by atoms with Gasteiger partial charge in [0, 0.05) is 30.9 Å². The molecule has 2 aromatic carbocycles. The van der Waals surface area contributed by atoms with E-state index in [9.17, 15) is 13.5 Å². The van der Waals surface area contributed by atoms with Crippen molar-refractivity contribution < 1.29 is 23.4 Å². The fraction of sp³-hybridized carbons (Fsp3) is 0.414. The highest BCUT2D eigenvalue weighted by Gasteiger charge is 2.18. The molecule has 0 fully saturated rings. The van der Waals surface area contributed by atoms with Crippen molar-refractivity contribution in [2.24, 2.45) is 10.2 Å². The van der Waals surface area contributed by atoms with E-state index in [1.165, 1.54) is 12.1 Å². The summed E-state index contributed by atoms with van der Waals surface area (Å²) in [4.78, 5) is 6.80. The molecule has 3 aromatic rings. The number of para-hydroxylation sites is 1. The predicted octanol–water partition coefficient (Wildman–Crippen LogP) is 4.03. The lowest BCUT2D eigenvalue weighted by molar-refractivity contribution is 0.0992. The van der Waals surface area contributed by atoms with Gasteiger partial charge in [0.15, 0.2) is 21.5 Å². The van der Waals surface area contributed by atoms with Crippen LogP contribution in [0.5, 0.6) is 0 Å². The summed E-state index contributed by atoms with van der Waals surface area (Å²) in [6, 6.07) is 15.8. The second-order valence-electron chi connectivity index (χ2n) is 9.53. The largest absolute Gasteiger partial charge is 0.395 e. The van der Waals surface area contributed by atoms with Crippen LogP contribution in [-0.4, -0.2) is 86.9 Å². The minimum Gasteiger partial charge on any atom is -0.395 e. The molecule has 0 saturated carbocycles. The number of rotatable bonds is 18. The fourth-order valence-corrected chi connectivity index (χ4v) is 5.39. The quantitative estimate of drug-likeness (QED) is 0.106. The highest BCUT2D eigenvalue weighted by Crippen LogP contribution is 2.37. The summed E-state index contributed by atoms with van der Waals surface area (Å²) in [5, 5.41) is 33.4. The van der Waals surface area contributed by atoms with E-state index in [1.54, 1.807) is 12.1 Å². The fourth-order valence-electron chi connectivity index (χ4n) is 4.10. The summed E-state index contributed by atoms with van der Waals surface area (Å²) in [6.45, 7) is 6.26. The number of anilines is 4. The lowest BCUT2D eigenvalue weighted by atomic mass is 10.2. The van der Waals surface area contributed by atoms with Gasteiger partial charge in [0.05, 0.1) is 48.5 Å². The Bertz CT molecular complexity index is 1380. The van der Waals surface area contributed by atoms with Gasteiger partial charge in [-0.05, 0) is 56.3 Å². The van der Waals surface area contributed by atoms with E-state index < -0.39 is 9.84 Å². The number of nitrogens with one attached hydrogen (secondary N) is 2. The smallest absolute Gasteiger partial charge is 0.179 e. The van der Waals surface area contributed by atoms with E-state index in [0.29, 0.717) is 60.5 Å². The number of ether oxygens (including phenoxy) is 1. The van der Waals surface area contributed by atoms with Gasteiger partial charge >= 0.3 is 0 Å². The first-order valence-electron chi connectivity index (χ1n) is 13.9. The maximum absolute atomic E-state index is 12.9. The van der Waals surface area contributed by atoms with Gasteiger partial charge in [0.25, 0.3) is 0 Å². The molecule has 0 aliphatic rings. The van der Waals surface area contributed by atoms with Crippen molar-refractivity contribution in [2.45, 2.75) is 25.2 Å². The van der Waals surface area contributed by atoms with Crippen molar-refractivity contribution in [2.75, 3.05) is 74.7 Å². The number of nitrogens with zero attached hydrogens (tertiary/aromatic N) is 4. The number of hydrogen-bond donors (Lipinski definition) is 5. The van der Waals surface area contributed by atoms with Crippen LogP contribution in [0.15, 0.2) is 69.7 Å². The average molecular weight is 600 g/mol. The number of pyridine rings is 1. The second kappa shape index (κ2) is 16.7. The van der Waals surface area contributed by atoms with Crippen molar-refractivity contribution in [1.82, 2.24) is 9.88 Å². The van der Waals surface area contributed by atoms with Crippen molar-refractivity contribution in [3.8, 4) is 0 Å². The number of nitrogen functional groups attached to an aromatic ring is 1. The summed E-state index contributed by atoms with van der Waals surface area (Å²) < 4.78 is 31.1. The Morgan fingerprint density at radius 2 is 1.69 bits per heavy atom. The molecule has 0 atom stereocenters. The topological polar surface area (TPSA) is 175 Å². The third kappa shape index (κ3) is 9.74. The second-order valence-corrected chi connectivity index (χ2v) is 11.6. The first-order chi connectivity index (χ1) is 20.3. The molecule has 0 radical (unpaired) electrons. The molecule has 0 aliphatic heterocycles. The minimum absolute atomic E-state index is 0.0125. The third-order valence-corrected chi connectivity index (χ3v) is 8.08. The number of aliphatic hydroxyl groups excluding tert-OH is 2. The Kier molecular flexibility index (Phi) is 13.1. The van der Waals surface area contributed by atoms with Gasteiger partial charge in [-0.3, -0.25) is 0 Å². The Labute approximate surface area is 247 Å². The van der Waals surface area contributed by atoms with E-state index in [-0.39, 0.29) is 30.5 Å². The van der Waals surface area contributed by atoms with Crippen molar-refractivity contribution in [3.63, 3.8) is 0 Å². The maximum Gasteiger partial charge on any atom is 0.179 e. The van der Waals surface area contributed by atoms with Crippen LogP contribution in [0.4, 0.5) is 34.4 Å². The highest BCUT2D eigenvalue weighted by molar-refractivity contribution is 7.91. The first-order valence-corrected chi connectivity index (χ1v) is 15.6. The Morgan fingerprint density at radius 1 is 0.952 bits per heavy atom. The molecular formula is C29H41N7O5S. The zero-order valence-corrected chi connectivity index (χ0v) is 25.0. The van der Waals surface area contributed by atoms with Gasteiger partial charge in [-0.25, -0.2) is 13.4 Å². The molecule has 6 N–H and O–H groups in total. The lowest BCUT2D eigenvalue weighted by Crippen LogP contribution is -2.32. The predicted molar refractivity (Wildman–Crippen MR) is 166 cm³/mol. The molecule has 1 heterocycles. The van der Waals surface area contributed by atoms with Gasteiger partial charge < -0.3 is 36.2 Å². The third-order valence-electron chi connectivity index (χ3n) is 6.37. The van der Waals surface area contributed by atoms with E-state index in [1.807, 2.05) is 49.1 Å². The average Bonchev–Trinajstić information content (AvgIpc) is 2.99. The Hall–Kier alpha value is -3.62. The molecule has 13 heteroatoms. The number of aromatic nitrogens is 1. The van der Waals surface area contributed by atoms with E-state index in [0.717, 1.165) is 18.7 Å². The standard InChI is InChI=1S/C29H41N7O5S/c1-3-14-36(15-17-37)16-21-42(39,40)25-11-9-24(10-12-25)34-35-27-22(2)26(30)28(32-23-7-5-4-6-8-23)33-29(27)31-13-19-41-20-18-38/h4-12,37-38H,3,13-21,30H2,1-2H3,(H2,31,32,33)/b35-34+. The number of nitrogens with two attached hydrogens (primary N) is 1. The monoisotopic (exact) mass is 599 g/mol. The van der Waals surface area contributed by atoms with Gasteiger partial charge in [-0.2, -0.15) is 5.11 Å². The van der Waals surface area contributed by atoms with E-state index in [4.69, 9.17) is 15.6 Å². The molecule has 0 amide bonds. The lowest BCUT2D eigenvalue weighted by Gasteiger charge is -2.20. The van der Waals surface area contributed by atoms with Crippen LogP contribution in [-0.2, 0) is 14.6 Å². The molecule has 3 rings (SSSR count). The van der Waals surface area contributed by atoms with E-state index >= 15 is 0 Å². The first kappa shape index (κ1) is 32.9. The minimum atomic E-state index is -3.51. The molecular weight excluding hydrogens is 558 g/mol. The van der Waals surface area contributed by atoms with Crippen molar-refractivity contribution in [3.05, 3.63) is 60.2 Å². The summed E-state index contributed by atoms with van der Waals surface area (Å²) in [6.07, 6.45) is 0.876. The summed E-state index contributed by atoms with van der Waals surface area (Å²) in [7, 11) is -3.51. The number of hydrogen-bond acceptors (Lipinski definition) is 12. The van der Waals surface area contributed by atoms with Crippen LogP contribution in [0, 0.1) is 6.92 Å². The number of azo groups is 1. The summed E-state index contributed by atoms with van der Waals surface area (Å²) >= 11 is 0. The van der Waals surface area contributed by atoms with Gasteiger partial charge in [0.2, 0.25) is 0 Å².